The molecule has 0 saturated heterocycles. The van der Waals surface area contributed by atoms with Gasteiger partial charge in [-0.05, 0) is 45.1 Å². The van der Waals surface area contributed by atoms with E-state index in [9.17, 15) is 8.42 Å². The van der Waals surface area contributed by atoms with Crippen LogP contribution in [0.5, 0.6) is 0 Å². The summed E-state index contributed by atoms with van der Waals surface area (Å²) in [7, 11) is -3.18. The molecular formula is C12H17N3O2S2. The lowest BCUT2D eigenvalue weighted by atomic mass is 10.2. The van der Waals surface area contributed by atoms with Gasteiger partial charge in [-0.25, -0.2) is 13.4 Å². The van der Waals surface area contributed by atoms with Crippen LogP contribution in [0.15, 0.2) is 12.1 Å². The molecule has 1 N–H and O–H groups in total. The predicted octanol–water partition coefficient (Wildman–Crippen LogP) is 2.23. The number of sulfone groups is 1. The molecule has 2 aromatic rings. The first-order valence-corrected chi connectivity index (χ1v) is 8.17. The van der Waals surface area contributed by atoms with Crippen LogP contribution in [-0.2, 0) is 16.4 Å². The van der Waals surface area contributed by atoms with Gasteiger partial charge in [-0.1, -0.05) is 0 Å². The Morgan fingerprint density at radius 2 is 2.05 bits per heavy atom. The molecule has 19 heavy (non-hydrogen) atoms. The summed E-state index contributed by atoms with van der Waals surface area (Å²) in [5.74, 6) is 0. The van der Waals surface area contributed by atoms with E-state index in [1.807, 2.05) is 19.1 Å². The Morgan fingerprint density at radius 1 is 1.42 bits per heavy atom. The van der Waals surface area contributed by atoms with Crippen molar-refractivity contribution in [2.24, 2.45) is 0 Å². The second-order valence-electron chi connectivity index (χ2n) is 5.37. The van der Waals surface area contributed by atoms with Crippen molar-refractivity contribution in [3.63, 3.8) is 0 Å². The van der Waals surface area contributed by atoms with Crippen molar-refractivity contribution in [3.05, 3.63) is 22.6 Å². The Labute approximate surface area is 117 Å². The molecular weight excluding hydrogens is 282 g/mol. The topological polar surface area (TPSA) is 67.8 Å². The number of pyridine rings is 1. The monoisotopic (exact) mass is 299 g/mol. The minimum Gasteiger partial charge on any atom is -0.329 e. The zero-order chi connectivity index (χ0) is 14.4. The highest BCUT2D eigenvalue weighted by Crippen LogP contribution is 2.21. The van der Waals surface area contributed by atoms with E-state index in [-0.39, 0.29) is 6.54 Å². The average Bonchev–Trinajstić information content (AvgIpc) is 2.54. The molecule has 0 aliphatic rings. The van der Waals surface area contributed by atoms with Crippen LogP contribution in [0.4, 0.5) is 0 Å². The normalized spacial score (nSPS) is 13.1. The Morgan fingerprint density at radius 3 is 2.63 bits per heavy atom. The number of nitrogens with zero attached hydrogens (tertiary/aromatic N) is 2. The molecule has 0 amide bonds. The molecule has 104 valence electrons. The Hall–Kier alpha value is -1.21. The highest BCUT2D eigenvalue weighted by atomic mass is 32.2. The van der Waals surface area contributed by atoms with Crippen molar-refractivity contribution in [1.82, 2.24) is 14.5 Å². The third-order valence-corrected chi connectivity index (χ3v) is 5.76. The maximum atomic E-state index is 11.8. The van der Waals surface area contributed by atoms with Crippen molar-refractivity contribution in [2.75, 3.05) is 6.26 Å². The van der Waals surface area contributed by atoms with E-state index in [0.717, 1.165) is 11.2 Å². The smallest absolute Gasteiger partial charge is 0.179 e. The fraction of sp³-hybridized carbons (Fsp3) is 0.500. The van der Waals surface area contributed by atoms with Crippen LogP contribution in [0.2, 0.25) is 0 Å². The van der Waals surface area contributed by atoms with Crippen molar-refractivity contribution in [3.8, 4) is 0 Å². The molecule has 0 spiro atoms. The van der Waals surface area contributed by atoms with Gasteiger partial charge in [0.05, 0.1) is 10.3 Å². The zero-order valence-electron chi connectivity index (χ0n) is 11.4. The zero-order valence-corrected chi connectivity index (χ0v) is 13.0. The molecule has 0 unspecified atom stereocenters. The lowest BCUT2D eigenvalue weighted by Crippen LogP contribution is -2.35. The summed E-state index contributed by atoms with van der Waals surface area (Å²) in [6, 6.07) is 3.79. The molecule has 0 aromatic carbocycles. The van der Waals surface area contributed by atoms with E-state index in [2.05, 4.69) is 9.97 Å². The molecule has 2 rings (SSSR count). The molecule has 2 heterocycles. The number of fused-ring (bicyclic) bond motifs is 1. The van der Waals surface area contributed by atoms with Crippen LogP contribution in [0, 0.1) is 11.7 Å². The second-order valence-corrected chi connectivity index (χ2v) is 8.41. The van der Waals surface area contributed by atoms with Gasteiger partial charge in [0.25, 0.3) is 0 Å². The van der Waals surface area contributed by atoms with E-state index in [1.54, 1.807) is 18.4 Å². The minimum atomic E-state index is -3.18. The Balaban J connectivity index is 2.61. The van der Waals surface area contributed by atoms with Crippen LogP contribution in [-0.4, -0.2) is 34.0 Å². The van der Waals surface area contributed by atoms with Gasteiger partial charge >= 0.3 is 0 Å². The highest BCUT2D eigenvalue weighted by Gasteiger charge is 2.31. The first kappa shape index (κ1) is 14.2. The van der Waals surface area contributed by atoms with Gasteiger partial charge in [0.2, 0.25) is 0 Å². The van der Waals surface area contributed by atoms with Gasteiger partial charge in [-0.2, -0.15) is 0 Å². The number of H-pyrrole nitrogens is 1. The molecule has 5 nitrogen and oxygen atoms in total. The number of aryl methyl sites for hydroxylation is 1. The predicted molar refractivity (Wildman–Crippen MR) is 78.6 cm³/mol. The summed E-state index contributed by atoms with van der Waals surface area (Å²) in [6.07, 6.45) is 1.24. The third-order valence-electron chi connectivity index (χ3n) is 3.30. The largest absolute Gasteiger partial charge is 0.329 e. The van der Waals surface area contributed by atoms with Crippen molar-refractivity contribution >= 4 is 33.2 Å². The average molecular weight is 299 g/mol. The van der Waals surface area contributed by atoms with Gasteiger partial charge in [0.15, 0.2) is 20.3 Å². The van der Waals surface area contributed by atoms with E-state index in [4.69, 9.17) is 12.2 Å². The number of imidazole rings is 1. The van der Waals surface area contributed by atoms with Gasteiger partial charge in [-0.3, -0.25) is 4.57 Å². The van der Waals surface area contributed by atoms with Crippen molar-refractivity contribution in [2.45, 2.75) is 32.1 Å². The maximum Gasteiger partial charge on any atom is 0.179 e. The number of rotatable bonds is 3. The summed E-state index contributed by atoms with van der Waals surface area (Å²) in [5, 5.41) is 0. The fourth-order valence-electron chi connectivity index (χ4n) is 1.77. The molecule has 0 atom stereocenters. The van der Waals surface area contributed by atoms with Crippen LogP contribution >= 0.6 is 12.2 Å². The van der Waals surface area contributed by atoms with E-state index in [1.165, 1.54) is 6.26 Å². The number of hydrogen-bond donors (Lipinski definition) is 1. The van der Waals surface area contributed by atoms with Crippen LogP contribution < -0.4 is 0 Å². The van der Waals surface area contributed by atoms with Crippen molar-refractivity contribution < 1.29 is 8.42 Å². The molecule has 0 fully saturated rings. The van der Waals surface area contributed by atoms with E-state index >= 15 is 0 Å². The number of aromatic nitrogens is 3. The van der Waals surface area contributed by atoms with Crippen LogP contribution in [0.25, 0.3) is 11.2 Å². The summed E-state index contributed by atoms with van der Waals surface area (Å²) >= 11 is 5.26. The molecule has 0 saturated carbocycles. The lowest BCUT2D eigenvalue weighted by molar-refractivity contribution is 0.505. The summed E-state index contributed by atoms with van der Waals surface area (Å²) in [5.41, 5.74) is 2.38. The number of hydrogen-bond acceptors (Lipinski definition) is 4. The quantitative estimate of drug-likeness (QED) is 0.883. The standard InChI is InChI=1S/C12H17N3O2S2/c1-8-5-6-9-10(13-8)15(11(18)14-9)7-12(2,3)19(4,16)17/h5-6H,7H2,1-4H3,(H,14,18). The number of nitrogens with one attached hydrogen (secondary N) is 1. The van der Waals surface area contributed by atoms with Crippen molar-refractivity contribution in [1.29, 1.82) is 0 Å². The van der Waals surface area contributed by atoms with E-state index in [0.29, 0.717) is 10.4 Å². The molecule has 0 aliphatic heterocycles. The first-order valence-electron chi connectivity index (χ1n) is 5.87. The SMILES string of the molecule is Cc1ccc2[nH]c(=S)n(CC(C)(C)S(C)(=O)=O)c2n1. The second kappa shape index (κ2) is 4.42. The molecule has 0 radical (unpaired) electrons. The minimum absolute atomic E-state index is 0.279. The van der Waals surface area contributed by atoms with Gasteiger partial charge in [0.1, 0.15) is 0 Å². The van der Waals surface area contributed by atoms with E-state index < -0.39 is 14.6 Å². The Bertz CT molecular complexity index is 785. The fourth-order valence-corrected chi connectivity index (χ4v) is 2.39. The van der Waals surface area contributed by atoms with Gasteiger partial charge in [-0.15, -0.1) is 0 Å². The molecule has 0 aliphatic carbocycles. The highest BCUT2D eigenvalue weighted by molar-refractivity contribution is 7.92. The van der Waals surface area contributed by atoms with Crippen LogP contribution in [0.1, 0.15) is 19.5 Å². The molecule has 2 aromatic heterocycles. The first-order chi connectivity index (χ1) is 8.62. The third kappa shape index (κ3) is 2.57. The Kier molecular flexibility index (Phi) is 3.30. The molecule has 0 bridgehead atoms. The summed E-state index contributed by atoms with van der Waals surface area (Å²) in [6.45, 7) is 5.56. The number of aromatic amines is 1. The van der Waals surface area contributed by atoms with Gasteiger partial charge < -0.3 is 4.98 Å². The lowest BCUT2D eigenvalue weighted by Gasteiger charge is -2.23. The summed E-state index contributed by atoms with van der Waals surface area (Å²) < 4.78 is 25.0. The van der Waals surface area contributed by atoms with Crippen LogP contribution in [0.3, 0.4) is 0 Å². The molecule has 7 heteroatoms. The van der Waals surface area contributed by atoms with Gasteiger partial charge in [0, 0.05) is 18.5 Å². The summed E-state index contributed by atoms with van der Waals surface area (Å²) in [4.78, 5) is 7.48. The maximum absolute atomic E-state index is 11.8.